The standard InChI is InChI=1S/C21H27F3N6O4S/c1-15(31)28(2)8-9-29(3)19-18(21(22,23)24)14-25-20(27-19)26-16-4-6-17(7-5-16)35(32,33)30-10-12-34-13-11-30/h4-7,14H,8-13H2,1-3H3,(H,25,26,27). The number of carbonyl (C=O) groups is 1. The van der Waals surface area contributed by atoms with Gasteiger partial charge in [-0.3, -0.25) is 4.79 Å². The topological polar surface area (TPSA) is 108 Å². The van der Waals surface area contributed by atoms with E-state index in [0.717, 1.165) is 0 Å². The highest BCUT2D eigenvalue weighted by Gasteiger charge is 2.36. The Bertz CT molecular complexity index is 1140. The van der Waals surface area contributed by atoms with Crippen LogP contribution < -0.4 is 10.2 Å². The van der Waals surface area contributed by atoms with Gasteiger partial charge >= 0.3 is 6.18 Å². The van der Waals surface area contributed by atoms with Crippen molar-refractivity contribution in [1.82, 2.24) is 19.2 Å². The monoisotopic (exact) mass is 516 g/mol. The summed E-state index contributed by atoms with van der Waals surface area (Å²) in [4.78, 5) is 22.0. The second kappa shape index (κ2) is 10.7. The molecule has 2 aromatic rings. The van der Waals surface area contributed by atoms with Crippen molar-refractivity contribution >= 4 is 33.4 Å². The van der Waals surface area contributed by atoms with Gasteiger partial charge in [0.2, 0.25) is 21.9 Å². The largest absolute Gasteiger partial charge is 0.421 e. The van der Waals surface area contributed by atoms with Crippen LogP contribution in [0.5, 0.6) is 0 Å². The molecule has 1 amide bonds. The molecular weight excluding hydrogens is 489 g/mol. The van der Waals surface area contributed by atoms with Crippen molar-refractivity contribution in [2.75, 3.05) is 63.7 Å². The van der Waals surface area contributed by atoms with Crippen LogP contribution in [0.4, 0.5) is 30.6 Å². The van der Waals surface area contributed by atoms with E-state index in [0.29, 0.717) is 25.1 Å². The summed E-state index contributed by atoms with van der Waals surface area (Å²) in [5.74, 6) is -0.652. The number of alkyl halides is 3. The Labute approximate surface area is 201 Å². The first-order valence-corrected chi connectivity index (χ1v) is 12.2. The quantitative estimate of drug-likeness (QED) is 0.569. The molecule has 1 N–H and O–H groups in total. The van der Waals surface area contributed by atoms with E-state index in [9.17, 15) is 26.4 Å². The van der Waals surface area contributed by atoms with Crippen LogP contribution in [0.2, 0.25) is 0 Å². The zero-order chi connectivity index (χ0) is 25.8. The maximum Gasteiger partial charge on any atom is 0.421 e. The molecule has 2 heterocycles. The number of rotatable bonds is 8. The van der Waals surface area contributed by atoms with Crippen LogP contribution in [0.15, 0.2) is 35.4 Å². The number of likely N-dealkylation sites (N-methyl/N-ethyl adjacent to an activating group) is 2. The lowest BCUT2D eigenvalue weighted by molar-refractivity contribution is -0.137. The van der Waals surface area contributed by atoms with E-state index in [-0.39, 0.29) is 48.7 Å². The number of anilines is 3. The Morgan fingerprint density at radius 2 is 1.77 bits per heavy atom. The molecule has 1 aromatic heterocycles. The summed E-state index contributed by atoms with van der Waals surface area (Å²) < 4.78 is 72.7. The Balaban J connectivity index is 1.79. The van der Waals surface area contributed by atoms with E-state index < -0.39 is 21.8 Å². The van der Waals surface area contributed by atoms with Crippen molar-refractivity contribution in [2.45, 2.75) is 18.0 Å². The number of carbonyl (C=O) groups excluding carboxylic acids is 1. The van der Waals surface area contributed by atoms with Crippen LogP contribution in [-0.4, -0.2) is 87.0 Å². The van der Waals surface area contributed by atoms with Crippen molar-refractivity contribution < 1.29 is 31.1 Å². The molecule has 0 spiro atoms. The SMILES string of the molecule is CC(=O)N(C)CCN(C)c1nc(Nc2ccc(S(=O)(=O)N3CCOCC3)cc2)ncc1C(F)(F)F. The van der Waals surface area contributed by atoms with Gasteiger partial charge in [-0.1, -0.05) is 0 Å². The number of sulfonamides is 1. The summed E-state index contributed by atoms with van der Waals surface area (Å²) in [5.41, 5.74) is -0.612. The molecule has 10 nitrogen and oxygen atoms in total. The van der Waals surface area contributed by atoms with Crippen molar-refractivity contribution in [3.8, 4) is 0 Å². The molecular formula is C21H27F3N6O4S. The average molecular weight is 517 g/mol. The Kier molecular flexibility index (Phi) is 8.18. The summed E-state index contributed by atoms with van der Waals surface area (Å²) in [7, 11) is -0.679. The summed E-state index contributed by atoms with van der Waals surface area (Å²) in [6.45, 7) is 2.86. The number of halogens is 3. The van der Waals surface area contributed by atoms with Gasteiger partial charge < -0.3 is 19.9 Å². The fraction of sp³-hybridized carbons (Fsp3) is 0.476. The predicted octanol–water partition coefficient (Wildman–Crippen LogP) is 2.17. The Hall–Kier alpha value is -2.97. The first-order chi connectivity index (χ1) is 16.4. The molecule has 1 saturated heterocycles. The van der Waals surface area contributed by atoms with Crippen LogP contribution in [0.1, 0.15) is 12.5 Å². The van der Waals surface area contributed by atoms with Gasteiger partial charge in [-0.05, 0) is 24.3 Å². The molecule has 1 aliphatic heterocycles. The molecule has 35 heavy (non-hydrogen) atoms. The molecule has 14 heteroatoms. The van der Waals surface area contributed by atoms with Crippen LogP contribution >= 0.6 is 0 Å². The van der Waals surface area contributed by atoms with Crippen molar-refractivity contribution in [2.24, 2.45) is 0 Å². The third kappa shape index (κ3) is 6.58. The highest BCUT2D eigenvalue weighted by molar-refractivity contribution is 7.89. The van der Waals surface area contributed by atoms with Crippen molar-refractivity contribution in [1.29, 1.82) is 0 Å². The van der Waals surface area contributed by atoms with Gasteiger partial charge in [-0.25, -0.2) is 13.4 Å². The normalized spacial score (nSPS) is 15.0. The fourth-order valence-electron chi connectivity index (χ4n) is 3.26. The molecule has 1 aromatic carbocycles. The first-order valence-electron chi connectivity index (χ1n) is 10.7. The van der Waals surface area contributed by atoms with Gasteiger partial charge in [-0.2, -0.15) is 22.5 Å². The molecule has 0 bridgehead atoms. The number of amides is 1. The van der Waals surface area contributed by atoms with Gasteiger partial charge in [0.1, 0.15) is 11.4 Å². The zero-order valence-electron chi connectivity index (χ0n) is 19.5. The molecule has 0 radical (unpaired) electrons. The maximum atomic E-state index is 13.5. The third-order valence-corrected chi connectivity index (χ3v) is 7.38. The number of nitrogens with zero attached hydrogens (tertiary/aromatic N) is 5. The minimum absolute atomic E-state index is 0.0910. The minimum atomic E-state index is -4.68. The van der Waals surface area contributed by atoms with Crippen molar-refractivity contribution in [3.05, 3.63) is 36.0 Å². The van der Waals surface area contributed by atoms with E-state index in [1.807, 2.05) is 0 Å². The number of hydrogen-bond acceptors (Lipinski definition) is 8. The minimum Gasteiger partial charge on any atom is -0.379 e. The third-order valence-electron chi connectivity index (χ3n) is 5.46. The summed E-state index contributed by atoms with van der Waals surface area (Å²) in [6, 6.07) is 5.78. The molecule has 3 rings (SSSR count). The molecule has 1 aliphatic rings. The second-order valence-corrected chi connectivity index (χ2v) is 9.89. The number of hydrogen-bond donors (Lipinski definition) is 1. The van der Waals surface area contributed by atoms with E-state index in [2.05, 4.69) is 15.3 Å². The van der Waals surface area contributed by atoms with Gasteiger partial charge in [0.05, 0.1) is 18.1 Å². The van der Waals surface area contributed by atoms with Gasteiger partial charge in [0, 0.05) is 59.1 Å². The molecule has 0 aliphatic carbocycles. The van der Waals surface area contributed by atoms with E-state index in [4.69, 9.17) is 4.74 Å². The van der Waals surface area contributed by atoms with Gasteiger partial charge in [-0.15, -0.1) is 0 Å². The van der Waals surface area contributed by atoms with E-state index in [1.165, 1.54) is 52.3 Å². The summed E-state index contributed by atoms with van der Waals surface area (Å²) in [6.07, 6.45) is -3.99. The number of nitrogens with one attached hydrogen (secondary N) is 1. The average Bonchev–Trinajstić information content (AvgIpc) is 2.82. The predicted molar refractivity (Wildman–Crippen MR) is 123 cm³/mol. The zero-order valence-corrected chi connectivity index (χ0v) is 20.4. The van der Waals surface area contributed by atoms with Crippen LogP contribution in [0.25, 0.3) is 0 Å². The highest BCUT2D eigenvalue weighted by atomic mass is 32.2. The number of benzene rings is 1. The molecule has 192 valence electrons. The van der Waals surface area contributed by atoms with Crippen LogP contribution in [-0.2, 0) is 25.7 Å². The highest BCUT2D eigenvalue weighted by Crippen LogP contribution is 2.35. The number of morpholine rings is 1. The molecule has 0 unspecified atom stereocenters. The lowest BCUT2D eigenvalue weighted by atomic mass is 10.2. The molecule has 0 saturated carbocycles. The fourth-order valence-corrected chi connectivity index (χ4v) is 4.67. The summed E-state index contributed by atoms with van der Waals surface area (Å²) >= 11 is 0. The summed E-state index contributed by atoms with van der Waals surface area (Å²) in [5, 5.41) is 2.81. The molecule has 0 atom stereocenters. The van der Waals surface area contributed by atoms with Crippen molar-refractivity contribution in [3.63, 3.8) is 0 Å². The van der Waals surface area contributed by atoms with Crippen LogP contribution in [0.3, 0.4) is 0 Å². The van der Waals surface area contributed by atoms with E-state index >= 15 is 0 Å². The second-order valence-electron chi connectivity index (χ2n) is 7.96. The molecule has 1 fully saturated rings. The van der Waals surface area contributed by atoms with E-state index in [1.54, 1.807) is 7.05 Å². The number of ether oxygens (including phenoxy) is 1. The van der Waals surface area contributed by atoms with Gasteiger partial charge in [0.25, 0.3) is 0 Å². The first kappa shape index (κ1) is 26.6. The lowest BCUT2D eigenvalue weighted by Gasteiger charge is -2.26. The number of aromatic nitrogens is 2. The Morgan fingerprint density at radius 1 is 1.14 bits per heavy atom. The van der Waals surface area contributed by atoms with Crippen LogP contribution in [0, 0.1) is 0 Å². The lowest BCUT2D eigenvalue weighted by Crippen LogP contribution is -2.40. The maximum absolute atomic E-state index is 13.5. The van der Waals surface area contributed by atoms with Gasteiger partial charge in [0.15, 0.2) is 0 Å². The Morgan fingerprint density at radius 3 is 2.34 bits per heavy atom. The smallest absolute Gasteiger partial charge is 0.379 e.